The second-order valence-electron chi connectivity index (χ2n) is 7.57. The van der Waals surface area contributed by atoms with E-state index in [-0.39, 0.29) is 0 Å². The number of carboxylic acid groups (broad SMARTS) is 1. The summed E-state index contributed by atoms with van der Waals surface area (Å²) in [7, 11) is 0. The molecule has 0 spiro atoms. The molecule has 1 atom stereocenters. The zero-order valence-corrected chi connectivity index (χ0v) is 15.4. The lowest BCUT2D eigenvalue weighted by Gasteiger charge is -2.23. The maximum Gasteiger partial charge on any atom is 0.328 e. The zero-order chi connectivity index (χ0) is 18.2. The molecule has 1 aliphatic heterocycles. The van der Waals surface area contributed by atoms with Crippen LogP contribution in [0.15, 0.2) is 18.5 Å². The highest BCUT2D eigenvalue weighted by atomic mass is 16.4. The van der Waals surface area contributed by atoms with Crippen molar-refractivity contribution in [2.24, 2.45) is 5.92 Å². The summed E-state index contributed by atoms with van der Waals surface area (Å²) in [6.45, 7) is 3.42. The van der Waals surface area contributed by atoms with Gasteiger partial charge in [-0.15, -0.1) is 0 Å². The summed E-state index contributed by atoms with van der Waals surface area (Å²) in [5.74, 6) is 0.749. The van der Waals surface area contributed by atoms with Crippen LogP contribution in [0, 0.1) is 5.92 Å². The number of nitrogens with zero attached hydrogens (tertiary/aromatic N) is 3. The number of hydrogen-bond acceptors (Lipinski definition) is 5. The third-order valence-corrected chi connectivity index (χ3v) is 5.50. The Morgan fingerprint density at radius 1 is 1.23 bits per heavy atom. The Kier molecular flexibility index (Phi) is 7.00. The number of aromatic nitrogens is 2. The first kappa shape index (κ1) is 18.8. The van der Waals surface area contributed by atoms with E-state index in [0.29, 0.717) is 11.7 Å². The van der Waals surface area contributed by atoms with E-state index < -0.39 is 5.97 Å². The normalized spacial score (nSPS) is 22.1. The molecule has 2 heterocycles. The molecule has 2 aliphatic rings. The Hall–Kier alpha value is -1.95. The van der Waals surface area contributed by atoms with Crippen molar-refractivity contribution >= 4 is 17.9 Å². The average Bonchev–Trinajstić information content (AvgIpc) is 3.09. The lowest BCUT2D eigenvalue weighted by molar-refractivity contribution is -0.131. The number of carboxylic acids is 1. The number of rotatable bonds is 8. The van der Waals surface area contributed by atoms with Gasteiger partial charge in [-0.1, -0.05) is 32.1 Å². The van der Waals surface area contributed by atoms with Crippen molar-refractivity contribution in [2.75, 3.05) is 25.0 Å². The Morgan fingerprint density at radius 3 is 2.81 bits per heavy atom. The Bertz CT molecular complexity index is 596. The van der Waals surface area contributed by atoms with Crippen LogP contribution in [0.2, 0.25) is 0 Å². The Balaban J connectivity index is 1.36. The van der Waals surface area contributed by atoms with E-state index in [1.807, 2.05) is 0 Å². The van der Waals surface area contributed by atoms with Crippen LogP contribution in [-0.2, 0) is 4.79 Å². The number of carbonyl (C=O) groups is 1. The predicted molar refractivity (Wildman–Crippen MR) is 103 cm³/mol. The first-order valence-corrected chi connectivity index (χ1v) is 9.91. The number of anilines is 1. The van der Waals surface area contributed by atoms with Gasteiger partial charge in [-0.2, -0.15) is 0 Å². The first-order valence-electron chi connectivity index (χ1n) is 9.91. The molecule has 1 saturated heterocycles. The first-order chi connectivity index (χ1) is 12.7. The summed E-state index contributed by atoms with van der Waals surface area (Å²) in [5.41, 5.74) is 0.550. The van der Waals surface area contributed by atoms with Crippen LogP contribution in [-0.4, -0.2) is 51.6 Å². The SMILES string of the molecule is O=C(O)/C=C/c1cnc(N[C@@H]2CCN(CCCC3CCCCC3)C2)cn1. The second kappa shape index (κ2) is 9.67. The van der Waals surface area contributed by atoms with Crippen molar-refractivity contribution in [3.63, 3.8) is 0 Å². The molecule has 2 fully saturated rings. The third-order valence-electron chi connectivity index (χ3n) is 5.50. The van der Waals surface area contributed by atoms with E-state index in [0.717, 1.165) is 37.3 Å². The fourth-order valence-electron chi connectivity index (χ4n) is 4.10. The van der Waals surface area contributed by atoms with Crippen molar-refractivity contribution in [3.05, 3.63) is 24.2 Å². The van der Waals surface area contributed by atoms with E-state index in [2.05, 4.69) is 20.2 Å². The second-order valence-corrected chi connectivity index (χ2v) is 7.57. The van der Waals surface area contributed by atoms with Gasteiger partial charge in [0.05, 0.1) is 18.1 Å². The number of nitrogens with one attached hydrogen (secondary N) is 1. The molecule has 1 aromatic heterocycles. The van der Waals surface area contributed by atoms with E-state index in [1.165, 1.54) is 57.6 Å². The van der Waals surface area contributed by atoms with E-state index in [9.17, 15) is 4.79 Å². The van der Waals surface area contributed by atoms with Gasteiger partial charge in [0.1, 0.15) is 5.82 Å². The van der Waals surface area contributed by atoms with Gasteiger partial charge in [0.2, 0.25) is 0 Å². The number of likely N-dealkylation sites (tertiary alicyclic amines) is 1. The van der Waals surface area contributed by atoms with Gasteiger partial charge in [0, 0.05) is 25.2 Å². The maximum atomic E-state index is 10.5. The minimum absolute atomic E-state index is 0.416. The summed E-state index contributed by atoms with van der Waals surface area (Å²) in [5, 5.41) is 12.1. The third kappa shape index (κ3) is 6.09. The molecule has 142 valence electrons. The fraction of sp³-hybridized carbons (Fsp3) is 0.650. The molecule has 1 aliphatic carbocycles. The average molecular weight is 358 g/mol. The van der Waals surface area contributed by atoms with Crippen LogP contribution in [0.1, 0.15) is 57.1 Å². The molecule has 6 nitrogen and oxygen atoms in total. The fourth-order valence-corrected chi connectivity index (χ4v) is 4.10. The standard InChI is InChI=1S/C20H30N4O2/c25-20(26)9-8-17-13-22-19(14-21-17)23-18-10-12-24(15-18)11-4-7-16-5-2-1-3-6-16/h8-9,13-14,16,18H,1-7,10-12,15H2,(H,22,23)(H,25,26)/b9-8+/t18-/m1/s1. The molecule has 26 heavy (non-hydrogen) atoms. The highest BCUT2D eigenvalue weighted by molar-refractivity contribution is 5.84. The maximum absolute atomic E-state index is 10.5. The minimum atomic E-state index is -0.983. The van der Waals surface area contributed by atoms with E-state index in [1.54, 1.807) is 12.4 Å². The van der Waals surface area contributed by atoms with Crippen LogP contribution in [0.5, 0.6) is 0 Å². The van der Waals surface area contributed by atoms with Crippen molar-refractivity contribution in [1.82, 2.24) is 14.9 Å². The Morgan fingerprint density at radius 2 is 2.08 bits per heavy atom. The molecule has 6 heteroatoms. The molecule has 0 radical (unpaired) electrons. The predicted octanol–water partition coefficient (Wildman–Crippen LogP) is 3.42. The van der Waals surface area contributed by atoms with Crippen molar-refractivity contribution < 1.29 is 9.90 Å². The summed E-state index contributed by atoms with van der Waals surface area (Å²) in [4.78, 5) is 21.6. The molecule has 3 rings (SSSR count). The molecule has 0 amide bonds. The molecule has 0 unspecified atom stereocenters. The molecule has 0 bridgehead atoms. The molecule has 0 aromatic carbocycles. The summed E-state index contributed by atoms with van der Waals surface area (Å²) in [6.07, 6.45) is 16.8. The van der Waals surface area contributed by atoms with Crippen molar-refractivity contribution in [1.29, 1.82) is 0 Å². The lowest BCUT2D eigenvalue weighted by atomic mass is 9.86. The van der Waals surface area contributed by atoms with Gasteiger partial charge in [0.25, 0.3) is 0 Å². The van der Waals surface area contributed by atoms with Crippen LogP contribution < -0.4 is 5.32 Å². The molecule has 1 aromatic rings. The van der Waals surface area contributed by atoms with Crippen molar-refractivity contribution in [3.8, 4) is 0 Å². The van der Waals surface area contributed by atoms with E-state index >= 15 is 0 Å². The lowest BCUT2D eigenvalue weighted by Crippen LogP contribution is -2.27. The number of aliphatic carboxylic acids is 1. The van der Waals surface area contributed by atoms with Crippen LogP contribution >= 0.6 is 0 Å². The zero-order valence-electron chi connectivity index (χ0n) is 15.4. The van der Waals surface area contributed by atoms with E-state index in [4.69, 9.17) is 5.11 Å². The highest BCUT2D eigenvalue weighted by Gasteiger charge is 2.22. The van der Waals surface area contributed by atoms with Gasteiger partial charge in [-0.3, -0.25) is 4.98 Å². The van der Waals surface area contributed by atoms with Gasteiger partial charge in [-0.25, -0.2) is 9.78 Å². The number of hydrogen-bond donors (Lipinski definition) is 2. The van der Waals surface area contributed by atoms with Gasteiger partial charge >= 0.3 is 5.97 Å². The van der Waals surface area contributed by atoms with Gasteiger partial charge < -0.3 is 15.3 Å². The molecule has 2 N–H and O–H groups in total. The van der Waals surface area contributed by atoms with Gasteiger partial charge in [-0.05, 0) is 37.8 Å². The Labute approximate surface area is 155 Å². The van der Waals surface area contributed by atoms with Gasteiger partial charge in [0.15, 0.2) is 0 Å². The summed E-state index contributed by atoms with van der Waals surface area (Å²) in [6, 6.07) is 0.416. The van der Waals surface area contributed by atoms with Crippen molar-refractivity contribution in [2.45, 2.75) is 57.4 Å². The highest BCUT2D eigenvalue weighted by Crippen LogP contribution is 2.27. The van der Waals surface area contributed by atoms with Crippen LogP contribution in [0.4, 0.5) is 5.82 Å². The summed E-state index contributed by atoms with van der Waals surface area (Å²) >= 11 is 0. The molecule has 1 saturated carbocycles. The molecular weight excluding hydrogens is 328 g/mol. The smallest absolute Gasteiger partial charge is 0.328 e. The minimum Gasteiger partial charge on any atom is -0.478 e. The largest absolute Gasteiger partial charge is 0.478 e. The van der Waals surface area contributed by atoms with Crippen LogP contribution in [0.3, 0.4) is 0 Å². The topological polar surface area (TPSA) is 78.3 Å². The van der Waals surface area contributed by atoms with Crippen LogP contribution in [0.25, 0.3) is 6.08 Å². The summed E-state index contributed by atoms with van der Waals surface area (Å²) < 4.78 is 0. The molecular formula is C20H30N4O2. The quantitative estimate of drug-likeness (QED) is 0.693. The monoisotopic (exact) mass is 358 g/mol.